The molecule has 0 aliphatic heterocycles. The zero-order chi connectivity index (χ0) is 9.84. The molecular formula is C9H12N2O2. The molecule has 1 atom stereocenters. The number of aliphatic hydroxyl groups excluding tert-OH is 1. The second-order valence-corrected chi connectivity index (χ2v) is 2.92. The molecule has 0 fully saturated rings. The van der Waals surface area contributed by atoms with E-state index in [-0.39, 0.29) is 5.91 Å². The van der Waals surface area contributed by atoms with E-state index < -0.39 is 6.10 Å². The average Bonchev–Trinajstić information content (AvgIpc) is 2.17. The molecule has 0 aliphatic carbocycles. The summed E-state index contributed by atoms with van der Waals surface area (Å²) in [4.78, 5) is 16.5. The predicted molar refractivity (Wildman–Crippen MR) is 47.9 cm³/mol. The van der Waals surface area contributed by atoms with Crippen molar-refractivity contribution in [2.24, 2.45) is 0 Å². The van der Waals surface area contributed by atoms with Crippen LogP contribution in [0.2, 0.25) is 0 Å². The highest BCUT2D eigenvalue weighted by Gasteiger charge is 2.18. The summed E-state index contributed by atoms with van der Waals surface area (Å²) in [5, 5.41) is 9.53. The van der Waals surface area contributed by atoms with Crippen LogP contribution in [0.1, 0.15) is 11.7 Å². The van der Waals surface area contributed by atoms with Crippen LogP contribution >= 0.6 is 0 Å². The van der Waals surface area contributed by atoms with Gasteiger partial charge in [0.2, 0.25) is 0 Å². The minimum absolute atomic E-state index is 0.340. The summed E-state index contributed by atoms with van der Waals surface area (Å²) in [6.45, 7) is 0. The molecule has 4 nitrogen and oxygen atoms in total. The van der Waals surface area contributed by atoms with Gasteiger partial charge in [-0.2, -0.15) is 0 Å². The fraction of sp³-hybridized carbons (Fsp3) is 0.333. The van der Waals surface area contributed by atoms with E-state index in [4.69, 9.17) is 0 Å². The minimum atomic E-state index is -1.11. The summed E-state index contributed by atoms with van der Waals surface area (Å²) in [5.41, 5.74) is 0.515. The van der Waals surface area contributed by atoms with Crippen molar-refractivity contribution in [3.8, 4) is 0 Å². The number of nitrogens with zero attached hydrogens (tertiary/aromatic N) is 2. The van der Waals surface area contributed by atoms with Crippen LogP contribution in [0.25, 0.3) is 0 Å². The van der Waals surface area contributed by atoms with Crippen LogP contribution in [0.5, 0.6) is 0 Å². The molecule has 0 bridgehead atoms. The quantitative estimate of drug-likeness (QED) is 0.707. The molecule has 1 N–H and O–H groups in total. The van der Waals surface area contributed by atoms with E-state index in [1.54, 1.807) is 32.4 Å². The SMILES string of the molecule is CN(C)C(=O)C(O)c1cccnc1. The number of hydrogen-bond acceptors (Lipinski definition) is 3. The van der Waals surface area contributed by atoms with Crippen LogP contribution in [0.3, 0.4) is 0 Å². The van der Waals surface area contributed by atoms with Crippen molar-refractivity contribution in [1.82, 2.24) is 9.88 Å². The van der Waals surface area contributed by atoms with Crippen LogP contribution in [-0.2, 0) is 4.79 Å². The summed E-state index contributed by atoms with van der Waals surface area (Å²) in [6, 6.07) is 3.35. The molecule has 0 radical (unpaired) electrons. The highest BCUT2D eigenvalue weighted by Crippen LogP contribution is 2.12. The first-order valence-corrected chi connectivity index (χ1v) is 3.92. The Hall–Kier alpha value is -1.42. The molecule has 13 heavy (non-hydrogen) atoms. The third kappa shape index (κ3) is 2.26. The zero-order valence-corrected chi connectivity index (χ0v) is 7.64. The van der Waals surface area contributed by atoms with Crippen LogP contribution < -0.4 is 0 Å². The lowest BCUT2D eigenvalue weighted by molar-refractivity contribution is -0.137. The third-order valence-electron chi connectivity index (χ3n) is 1.67. The van der Waals surface area contributed by atoms with Crippen molar-refractivity contribution >= 4 is 5.91 Å². The number of likely N-dealkylation sites (N-methyl/N-ethyl adjacent to an activating group) is 1. The van der Waals surface area contributed by atoms with Crippen molar-refractivity contribution in [3.05, 3.63) is 30.1 Å². The van der Waals surface area contributed by atoms with Gasteiger partial charge in [-0.05, 0) is 6.07 Å². The van der Waals surface area contributed by atoms with Crippen molar-refractivity contribution in [3.63, 3.8) is 0 Å². The first-order chi connectivity index (χ1) is 6.13. The average molecular weight is 180 g/mol. The van der Waals surface area contributed by atoms with Crippen LogP contribution in [0.15, 0.2) is 24.5 Å². The number of aliphatic hydroxyl groups is 1. The molecule has 1 aromatic heterocycles. The molecule has 0 aromatic carbocycles. The highest BCUT2D eigenvalue weighted by molar-refractivity contribution is 5.81. The minimum Gasteiger partial charge on any atom is -0.378 e. The van der Waals surface area contributed by atoms with Crippen molar-refractivity contribution < 1.29 is 9.90 Å². The Morgan fingerprint density at radius 3 is 2.77 bits per heavy atom. The summed E-state index contributed by atoms with van der Waals surface area (Å²) in [5.74, 6) is -0.340. The van der Waals surface area contributed by atoms with Crippen molar-refractivity contribution in [2.45, 2.75) is 6.10 Å². The Balaban J connectivity index is 2.80. The standard InChI is InChI=1S/C9H12N2O2/c1-11(2)9(13)8(12)7-4-3-5-10-6-7/h3-6,8,12H,1-2H3. The van der Waals surface area contributed by atoms with Gasteiger partial charge < -0.3 is 10.0 Å². The van der Waals surface area contributed by atoms with Crippen LogP contribution in [-0.4, -0.2) is 35.0 Å². The Morgan fingerprint density at radius 1 is 1.62 bits per heavy atom. The normalized spacial score (nSPS) is 12.2. The van der Waals surface area contributed by atoms with Crippen LogP contribution in [0.4, 0.5) is 0 Å². The number of rotatable bonds is 2. The molecule has 4 heteroatoms. The fourth-order valence-electron chi connectivity index (χ4n) is 0.925. The monoisotopic (exact) mass is 180 g/mol. The largest absolute Gasteiger partial charge is 0.378 e. The highest BCUT2D eigenvalue weighted by atomic mass is 16.3. The Kier molecular flexibility index (Phi) is 2.97. The van der Waals surface area contributed by atoms with Gasteiger partial charge in [-0.1, -0.05) is 6.07 Å². The van der Waals surface area contributed by atoms with E-state index in [1.807, 2.05) is 0 Å². The smallest absolute Gasteiger partial charge is 0.255 e. The lowest BCUT2D eigenvalue weighted by Gasteiger charge is -2.15. The van der Waals surface area contributed by atoms with Crippen molar-refractivity contribution in [1.29, 1.82) is 0 Å². The number of carbonyl (C=O) groups is 1. The summed E-state index contributed by atoms with van der Waals surface area (Å²) in [7, 11) is 3.20. The number of carbonyl (C=O) groups excluding carboxylic acids is 1. The first-order valence-electron chi connectivity index (χ1n) is 3.92. The topological polar surface area (TPSA) is 53.4 Å². The van der Waals surface area contributed by atoms with Gasteiger partial charge >= 0.3 is 0 Å². The maximum Gasteiger partial charge on any atom is 0.255 e. The van der Waals surface area contributed by atoms with Gasteiger partial charge in [0.1, 0.15) is 0 Å². The molecule has 0 aliphatic rings. The van der Waals surface area contributed by atoms with Gasteiger partial charge in [0.15, 0.2) is 6.10 Å². The Labute approximate surface area is 76.8 Å². The maximum atomic E-state index is 11.3. The molecule has 0 spiro atoms. The molecule has 1 unspecified atom stereocenters. The maximum absolute atomic E-state index is 11.3. The lowest BCUT2D eigenvalue weighted by Crippen LogP contribution is -2.28. The van der Waals surface area contributed by atoms with E-state index >= 15 is 0 Å². The zero-order valence-electron chi connectivity index (χ0n) is 7.64. The molecule has 1 rings (SSSR count). The third-order valence-corrected chi connectivity index (χ3v) is 1.67. The van der Waals surface area contributed by atoms with Crippen molar-refractivity contribution in [2.75, 3.05) is 14.1 Å². The van der Waals surface area contributed by atoms with Gasteiger partial charge in [0.05, 0.1) is 0 Å². The van der Waals surface area contributed by atoms with E-state index in [2.05, 4.69) is 4.98 Å². The number of hydrogen-bond donors (Lipinski definition) is 1. The first kappa shape index (κ1) is 9.67. The van der Waals surface area contributed by atoms with Gasteiger partial charge in [0, 0.05) is 32.1 Å². The van der Waals surface area contributed by atoms with E-state index in [0.29, 0.717) is 5.56 Å². The Morgan fingerprint density at radius 2 is 2.31 bits per heavy atom. The molecule has 1 heterocycles. The molecular weight excluding hydrogens is 168 g/mol. The summed E-state index contributed by atoms with van der Waals surface area (Å²) < 4.78 is 0. The van der Waals surface area contributed by atoms with E-state index in [1.165, 1.54) is 11.1 Å². The second-order valence-electron chi connectivity index (χ2n) is 2.92. The number of amides is 1. The molecule has 70 valence electrons. The number of aromatic nitrogens is 1. The second kappa shape index (κ2) is 4.00. The fourth-order valence-corrected chi connectivity index (χ4v) is 0.925. The Bertz CT molecular complexity index is 285. The van der Waals surface area contributed by atoms with Gasteiger partial charge in [0.25, 0.3) is 5.91 Å². The van der Waals surface area contributed by atoms with E-state index in [0.717, 1.165) is 0 Å². The van der Waals surface area contributed by atoms with Crippen LogP contribution in [0, 0.1) is 0 Å². The molecule has 1 amide bonds. The van der Waals surface area contributed by atoms with Gasteiger partial charge in [-0.25, -0.2) is 0 Å². The predicted octanol–water partition coefficient (Wildman–Crippen LogP) is 0.203. The molecule has 0 saturated heterocycles. The van der Waals surface area contributed by atoms with E-state index in [9.17, 15) is 9.90 Å². The summed E-state index contributed by atoms with van der Waals surface area (Å²) in [6.07, 6.45) is 1.96. The number of pyridine rings is 1. The molecule has 0 saturated carbocycles. The molecule has 1 aromatic rings. The van der Waals surface area contributed by atoms with Gasteiger partial charge in [-0.3, -0.25) is 9.78 Å². The van der Waals surface area contributed by atoms with Gasteiger partial charge in [-0.15, -0.1) is 0 Å². The summed E-state index contributed by atoms with van der Waals surface area (Å²) >= 11 is 0. The lowest BCUT2D eigenvalue weighted by atomic mass is 10.1.